The Morgan fingerprint density at radius 1 is 0.769 bits per heavy atom. The number of carboxylic acids is 1. The van der Waals surface area contributed by atoms with Crippen LogP contribution in [0.25, 0.3) is 0 Å². The van der Waals surface area contributed by atoms with Gasteiger partial charge in [0.05, 0.1) is 0 Å². The molecule has 0 saturated carbocycles. The molecule has 2 N–H and O–H groups in total. The number of carbonyl (C=O) groups excluding carboxylic acids is 3. The van der Waals surface area contributed by atoms with Gasteiger partial charge in [0.1, 0.15) is 12.1 Å². The van der Waals surface area contributed by atoms with Gasteiger partial charge in [-0.05, 0) is 48.8 Å². The van der Waals surface area contributed by atoms with Crippen LogP contribution in [-0.2, 0) is 30.3 Å². The topological polar surface area (TPSA) is 128 Å². The molecule has 220 valence electrons. The maximum absolute atomic E-state index is 12.5. The Morgan fingerprint density at radius 3 is 1.74 bits per heavy atom. The van der Waals surface area contributed by atoms with Crippen molar-refractivity contribution in [1.29, 1.82) is 0 Å². The quantitative estimate of drug-likeness (QED) is 0.185. The summed E-state index contributed by atoms with van der Waals surface area (Å²) in [6, 6.07) is 3.72. The van der Waals surface area contributed by atoms with E-state index in [4.69, 9.17) is 14.2 Å². The summed E-state index contributed by atoms with van der Waals surface area (Å²) >= 11 is 0. The number of hydrogen-bond donors (Lipinski definition) is 2. The van der Waals surface area contributed by atoms with Gasteiger partial charge in [-0.1, -0.05) is 66.9 Å². The first kappa shape index (κ1) is 34.1. The molecule has 0 spiro atoms. The van der Waals surface area contributed by atoms with E-state index in [0.29, 0.717) is 12.0 Å². The second kappa shape index (κ2) is 17.6. The average molecular weight is 550 g/mol. The molecule has 0 aliphatic carbocycles. The molecule has 0 aromatic heterocycles. The molecule has 39 heavy (non-hydrogen) atoms. The van der Waals surface area contributed by atoms with Crippen LogP contribution in [0.4, 0.5) is 0 Å². The lowest BCUT2D eigenvalue weighted by atomic mass is 10.0. The number of rotatable bonds is 18. The fourth-order valence-corrected chi connectivity index (χ4v) is 3.56. The lowest BCUT2D eigenvalue weighted by molar-refractivity contribution is -0.149. The monoisotopic (exact) mass is 549 g/mol. The van der Waals surface area contributed by atoms with Crippen LogP contribution in [-0.4, -0.2) is 47.7 Å². The largest absolute Gasteiger partial charge is 0.480 e. The molecule has 1 rings (SSSR count). The van der Waals surface area contributed by atoms with Crippen molar-refractivity contribution in [3.8, 4) is 11.5 Å². The summed E-state index contributed by atoms with van der Waals surface area (Å²) in [5.41, 5.74) is 0.574. The summed E-state index contributed by atoms with van der Waals surface area (Å²) in [5, 5.41) is 12.7. The van der Waals surface area contributed by atoms with E-state index in [9.17, 15) is 24.3 Å². The number of ether oxygens (including phenoxy) is 3. The van der Waals surface area contributed by atoms with Crippen molar-refractivity contribution in [3.05, 3.63) is 23.8 Å². The maximum Gasteiger partial charge on any atom is 0.321 e. The van der Waals surface area contributed by atoms with Gasteiger partial charge in [0.25, 0.3) is 0 Å². The van der Waals surface area contributed by atoms with Crippen LogP contribution in [0.5, 0.6) is 11.5 Å². The highest BCUT2D eigenvalue weighted by atomic mass is 16.6. The predicted molar refractivity (Wildman–Crippen MR) is 149 cm³/mol. The summed E-state index contributed by atoms with van der Waals surface area (Å²) in [4.78, 5) is 48.9. The SMILES string of the molecule is CCC(C)CC(=O)Oc1ccc(C[C@H](NCC(C)OC(=O)CC(C)CC)C(=O)O)cc1OC(=O)CC(C)CC. The standard InChI is InChI=1S/C30H47NO8/c1-8-19(4)13-27(32)37-22(7)18-31-24(30(35)36)16-23-11-12-25(38-28(33)14-20(5)9-2)26(17-23)39-29(34)15-21(6)10-3/h11-12,17,19-22,24,31H,8-10,13-16,18H2,1-7H3,(H,35,36)/t19?,20?,21?,22?,24-/m0/s1. The summed E-state index contributed by atoms with van der Waals surface area (Å²) in [7, 11) is 0. The Balaban J connectivity index is 3.00. The van der Waals surface area contributed by atoms with Crippen LogP contribution in [0.2, 0.25) is 0 Å². The van der Waals surface area contributed by atoms with E-state index in [1.807, 2.05) is 41.5 Å². The molecule has 0 radical (unpaired) electrons. The molecule has 9 nitrogen and oxygen atoms in total. The van der Waals surface area contributed by atoms with E-state index in [-0.39, 0.29) is 61.0 Å². The molecule has 0 heterocycles. The van der Waals surface area contributed by atoms with E-state index in [1.165, 1.54) is 12.1 Å². The van der Waals surface area contributed by atoms with Crippen molar-refractivity contribution in [3.63, 3.8) is 0 Å². The number of benzene rings is 1. The second-order valence-electron chi connectivity index (χ2n) is 10.7. The lowest BCUT2D eigenvalue weighted by Gasteiger charge is -2.20. The number of nitrogens with one attached hydrogen (secondary N) is 1. The second-order valence-corrected chi connectivity index (χ2v) is 10.7. The van der Waals surface area contributed by atoms with E-state index in [0.717, 1.165) is 19.3 Å². The van der Waals surface area contributed by atoms with E-state index in [1.54, 1.807) is 13.0 Å². The minimum atomic E-state index is -1.08. The van der Waals surface area contributed by atoms with Gasteiger partial charge in [-0.15, -0.1) is 0 Å². The fraction of sp³-hybridized carbons (Fsp3) is 0.667. The van der Waals surface area contributed by atoms with Gasteiger partial charge in [-0.3, -0.25) is 19.2 Å². The normalized spacial score (nSPS) is 14.9. The highest BCUT2D eigenvalue weighted by molar-refractivity contribution is 5.77. The van der Waals surface area contributed by atoms with Crippen LogP contribution in [0.3, 0.4) is 0 Å². The van der Waals surface area contributed by atoms with E-state index in [2.05, 4.69) is 5.32 Å². The van der Waals surface area contributed by atoms with Crippen molar-refractivity contribution >= 4 is 23.9 Å². The lowest BCUT2D eigenvalue weighted by Crippen LogP contribution is -2.42. The smallest absolute Gasteiger partial charge is 0.321 e. The van der Waals surface area contributed by atoms with Crippen LogP contribution >= 0.6 is 0 Å². The fourth-order valence-electron chi connectivity index (χ4n) is 3.56. The highest BCUT2D eigenvalue weighted by Gasteiger charge is 2.22. The van der Waals surface area contributed by atoms with Crippen molar-refractivity contribution in [2.24, 2.45) is 17.8 Å². The molecule has 0 fully saturated rings. The van der Waals surface area contributed by atoms with Crippen LogP contribution in [0.1, 0.15) is 92.6 Å². The third kappa shape index (κ3) is 13.6. The predicted octanol–water partition coefficient (Wildman–Crippen LogP) is 5.32. The van der Waals surface area contributed by atoms with Crippen molar-refractivity contribution in [2.75, 3.05) is 6.54 Å². The minimum Gasteiger partial charge on any atom is -0.480 e. The summed E-state index contributed by atoms with van der Waals surface area (Å²) in [5.74, 6) is -1.59. The van der Waals surface area contributed by atoms with Crippen LogP contribution in [0, 0.1) is 17.8 Å². The van der Waals surface area contributed by atoms with Gasteiger partial charge in [-0.2, -0.15) is 0 Å². The van der Waals surface area contributed by atoms with Crippen LogP contribution < -0.4 is 14.8 Å². The van der Waals surface area contributed by atoms with Gasteiger partial charge in [-0.25, -0.2) is 0 Å². The molecule has 0 aliphatic heterocycles. The Bertz CT molecular complexity index is 947. The highest BCUT2D eigenvalue weighted by Crippen LogP contribution is 2.31. The van der Waals surface area contributed by atoms with E-state index < -0.39 is 30.1 Å². The molecule has 0 aliphatic rings. The molecule has 0 saturated heterocycles. The zero-order chi connectivity index (χ0) is 29.5. The number of hydrogen-bond acceptors (Lipinski definition) is 8. The molecule has 1 aromatic carbocycles. The average Bonchev–Trinajstić information content (AvgIpc) is 2.87. The maximum atomic E-state index is 12.5. The van der Waals surface area contributed by atoms with Gasteiger partial charge in [0, 0.05) is 25.8 Å². The molecular formula is C30H47NO8. The van der Waals surface area contributed by atoms with Crippen molar-refractivity contribution < 1.29 is 38.5 Å². The number of esters is 3. The molecule has 0 bridgehead atoms. The summed E-state index contributed by atoms with van der Waals surface area (Å²) < 4.78 is 16.5. The summed E-state index contributed by atoms with van der Waals surface area (Å²) in [6.07, 6.45) is 2.81. The third-order valence-corrected chi connectivity index (χ3v) is 6.81. The first-order chi connectivity index (χ1) is 18.4. The Labute approximate surface area is 233 Å². The molecule has 4 unspecified atom stereocenters. The third-order valence-electron chi connectivity index (χ3n) is 6.81. The van der Waals surface area contributed by atoms with Gasteiger partial charge >= 0.3 is 23.9 Å². The first-order valence-corrected chi connectivity index (χ1v) is 14.1. The number of carboxylic acid groups (broad SMARTS) is 1. The van der Waals surface area contributed by atoms with E-state index >= 15 is 0 Å². The Morgan fingerprint density at radius 2 is 1.26 bits per heavy atom. The molecule has 0 amide bonds. The van der Waals surface area contributed by atoms with Crippen molar-refractivity contribution in [1.82, 2.24) is 5.32 Å². The van der Waals surface area contributed by atoms with Gasteiger partial charge in [0.2, 0.25) is 0 Å². The van der Waals surface area contributed by atoms with Gasteiger partial charge in [0.15, 0.2) is 11.5 Å². The van der Waals surface area contributed by atoms with Gasteiger partial charge < -0.3 is 24.6 Å². The minimum absolute atomic E-state index is 0.0693. The molecule has 9 heteroatoms. The zero-order valence-electron chi connectivity index (χ0n) is 24.6. The Hall–Kier alpha value is -2.94. The van der Waals surface area contributed by atoms with Crippen molar-refractivity contribution in [2.45, 2.75) is 106 Å². The number of aliphatic carboxylic acids is 1. The molecule has 1 aromatic rings. The Kier molecular flexibility index (Phi) is 15.4. The molecular weight excluding hydrogens is 502 g/mol. The van der Waals surface area contributed by atoms with Crippen LogP contribution in [0.15, 0.2) is 18.2 Å². The number of carbonyl (C=O) groups is 4. The first-order valence-electron chi connectivity index (χ1n) is 14.1. The summed E-state index contributed by atoms with van der Waals surface area (Å²) in [6.45, 7) is 13.7. The molecule has 5 atom stereocenters. The zero-order valence-corrected chi connectivity index (χ0v) is 24.6.